The van der Waals surface area contributed by atoms with Gasteiger partial charge in [0.1, 0.15) is 22.8 Å². The Kier molecular flexibility index (Phi) is 3.90. The minimum absolute atomic E-state index is 0.0537. The Bertz CT molecular complexity index is 1180. The van der Waals surface area contributed by atoms with Gasteiger partial charge in [0.15, 0.2) is 17.3 Å². The summed E-state index contributed by atoms with van der Waals surface area (Å²) in [6.07, 6.45) is 0.151. The molecular formula is C22H21NO6. The van der Waals surface area contributed by atoms with E-state index < -0.39 is 51.8 Å². The number of fused-ring (bicyclic) bond motifs is 3. The normalized spacial score (nSPS) is 26.5. The number of aliphatic hydroxyl groups excluding tert-OH is 1. The molecule has 0 bridgehead atoms. The van der Waals surface area contributed by atoms with Crippen molar-refractivity contribution in [2.45, 2.75) is 33.2 Å². The first-order chi connectivity index (χ1) is 13.5. The van der Waals surface area contributed by atoms with E-state index in [-0.39, 0.29) is 23.1 Å². The fourth-order valence-corrected chi connectivity index (χ4v) is 4.73. The topological polar surface area (TPSA) is 138 Å². The lowest BCUT2D eigenvalue weighted by molar-refractivity contribution is -0.129. The molecule has 0 saturated heterocycles. The fourth-order valence-electron chi connectivity index (χ4n) is 4.73. The van der Waals surface area contributed by atoms with Crippen LogP contribution >= 0.6 is 0 Å². The molecule has 0 aliphatic heterocycles. The van der Waals surface area contributed by atoms with E-state index in [1.165, 1.54) is 6.92 Å². The minimum atomic E-state index is -1.70. The highest BCUT2D eigenvalue weighted by Gasteiger charge is 2.59. The average Bonchev–Trinajstić information content (AvgIpc) is 2.65. The Labute approximate surface area is 166 Å². The van der Waals surface area contributed by atoms with Crippen molar-refractivity contribution in [1.82, 2.24) is 0 Å². The van der Waals surface area contributed by atoms with Gasteiger partial charge in [0, 0.05) is 5.92 Å². The van der Waals surface area contributed by atoms with Crippen LogP contribution in [-0.4, -0.2) is 38.7 Å². The van der Waals surface area contributed by atoms with Crippen molar-refractivity contribution in [1.29, 1.82) is 0 Å². The van der Waals surface area contributed by atoms with Gasteiger partial charge < -0.3 is 21.1 Å². The summed E-state index contributed by atoms with van der Waals surface area (Å²) in [6, 6.07) is 4.03. The van der Waals surface area contributed by atoms with Crippen molar-refractivity contribution in [3.8, 4) is 11.5 Å². The van der Waals surface area contributed by atoms with Crippen molar-refractivity contribution in [3.05, 3.63) is 46.2 Å². The molecule has 29 heavy (non-hydrogen) atoms. The number of carbonyl (C=O) groups is 3. The number of aryl methyl sites for hydroxylation is 1. The molecule has 2 aliphatic rings. The Hall–Kier alpha value is -3.19. The van der Waals surface area contributed by atoms with Gasteiger partial charge in [0.25, 0.3) is 0 Å². The fraction of sp³-hybridized carbons (Fsp3) is 0.318. The molecule has 0 aromatic heterocycles. The summed E-state index contributed by atoms with van der Waals surface area (Å²) in [6.45, 7) is 4.20. The molecule has 0 saturated carbocycles. The molecule has 150 valence electrons. The number of Topliss-reactive ketones (excluding diaryl/α,β-unsaturated/α-hetero) is 3. The third-order valence-electron chi connectivity index (χ3n) is 6.47. The molecule has 2 aliphatic carbocycles. The van der Waals surface area contributed by atoms with Crippen LogP contribution in [-0.2, 0) is 16.0 Å². The number of allylic oxidation sites excluding steroid dienone is 1. The van der Waals surface area contributed by atoms with E-state index in [2.05, 4.69) is 0 Å². The summed E-state index contributed by atoms with van der Waals surface area (Å²) in [7, 11) is 0. The quantitative estimate of drug-likeness (QED) is 0.429. The minimum Gasteiger partial charge on any atom is -0.510 e. The maximum absolute atomic E-state index is 13.5. The second kappa shape index (κ2) is 5.90. The Morgan fingerprint density at radius 1 is 1.14 bits per heavy atom. The van der Waals surface area contributed by atoms with Gasteiger partial charge in [-0.1, -0.05) is 18.2 Å². The molecule has 3 atom stereocenters. The zero-order chi connectivity index (χ0) is 21.4. The first-order valence-electron chi connectivity index (χ1n) is 9.28. The van der Waals surface area contributed by atoms with Gasteiger partial charge in [-0.25, -0.2) is 0 Å². The molecule has 0 heterocycles. The van der Waals surface area contributed by atoms with Gasteiger partial charge in [-0.3, -0.25) is 14.4 Å². The smallest absolute Gasteiger partial charge is 0.183 e. The number of hydrogen-bond acceptors (Lipinski definition) is 7. The number of hydrogen-bond donors (Lipinski definition) is 4. The number of rotatable bonds is 1. The molecular weight excluding hydrogens is 374 g/mol. The number of carbonyl (C=O) groups excluding carboxylic acids is 3. The van der Waals surface area contributed by atoms with E-state index in [9.17, 15) is 29.7 Å². The van der Waals surface area contributed by atoms with Gasteiger partial charge in [-0.05, 0) is 43.7 Å². The van der Waals surface area contributed by atoms with E-state index in [0.29, 0.717) is 16.5 Å². The first kappa shape index (κ1) is 19.1. The largest absolute Gasteiger partial charge is 0.510 e. The van der Waals surface area contributed by atoms with E-state index in [4.69, 9.17) is 5.73 Å². The second-order valence-electron chi connectivity index (χ2n) is 8.10. The molecule has 2 aromatic carbocycles. The van der Waals surface area contributed by atoms with E-state index in [1.807, 2.05) is 0 Å². The van der Waals surface area contributed by atoms with Crippen LogP contribution in [0.3, 0.4) is 0 Å². The maximum atomic E-state index is 13.5. The molecule has 2 aromatic rings. The summed E-state index contributed by atoms with van der Waals surface area (Å²) in [5.74, 6) is -3.94. The molecule has 5 N–H and O–H groups in total. The standard InChI is InChI=1S/C22H21NO6/c1-8-4-5-10-6-11-7-12-16(23)19(27)13(9(2)24)20(28)22(12,3)21(29)15(11)18(26)14(10)17(8)25/h4-6,12,16,25-27H,7,23H2,1-3H3/t12?,16-,22?/m1/s1. The van der Waals surface area contributed by atoms with Crippen LogP contribution in [0, 0.1) is 18.3 Å². The van der Waals surface area contributed by atoms with Gasteiger partial charge in [-0.2, -0.15) is 0 Å². The van der Waals surface area contributed by atoms with Gasteiger partial charge in [0.05, 0.1) is 22.4 Å². The Balaban J connectivity index is 2.02. The van der Waals surface area contributed by atoms with Crippen molar-refractivity contribution >= 4 is 28.1 Å². The first-order valence-corrected chi connectivity index (χ1v) is 9.28. The van der Waals surface area contributed by atoms with Crippen molar-refractivity contribution in [3.63, 3.8) is 0 Å². The molecule has 2 unspecified atom stereocenters. The number of benzene rings is 2. The van der Waals surface area contributed by atoms with Crippen LogP contribution in [0.25, 0.3) is 10.8 Å². The molecule has 4 rings (SSSR count). The lowest BCUT2D eigenvalue weighted by atomic mass is 9.55. The van der Waals surface area contributed by atoms with E-state index >= 15 is 0 Å². The average molecular weight is 395 g/mol. The Morgan fingerprint density at radius 3 is 2.41 bits per heavy atom. The van der Waals surface area contributed by atoms with Crippen LogP contribution in [0.2, 0.25) is 0 Å². The van der Waals surface area contributed by atoms with Gasteiger partial charge >= 0.3 is 0 Å². The van der Waals surface area contributed by atoms with E-state index in [0.717, 1.165) is 6.92 Å². The van der Waals surface area contributed by atoms with Crippen LogP contribution in [0.4, 0.5) is 0 Å². The molecule has 0 radical (unpaired) electrons. The zero-order valence-electron chi connectivity index (χ0n) is 16.2. The maximum Gasteiger partial charge on any atom is 0.183 e. The number of ketones is 3. The zero-order valence-corrected chi connectivity index (χ0v) is 16.2. The highest BCUT2D eigenvalue weighted by Crippen LogP contribution is 2.51. The number of phenols is 2. The summed E-state index contributed by atoms with van der Waals surface area (Å²) < 4.78 is 0. The number of aromatic hydroxyl groups is 2. The number of nitrogens with two attached hydrogens (primary N) is 1. The van der Waals surface area contributed by atoms with E-state index in [1.54, 1.807) is 25.1 Å². The van der Waals surface area contributed by atoms with Crippen LogP contribution in [0.15, 0.2) is 29.5 Å². The molecule has 7 heteroatoms. The highest BCUT2D eigenvalue weighted by molar-refractivity contribution is 6.31. The molecule has 0 amide bonds. The lowest BCUT2D eigenvalue weighted by Crippen LogP contribution is -2.58. The predicted octanol–water partition coefficient (Wildman–Crippen LogP) is 2.23. The molecule has 0 fully saturated rings. The van der Waals surface area contributed by atoms with Crippen LogP contribution in [0.1, 0.15) is 35.3 Å². The predicted molar refractivity (Wildman–Crippen MR) is 105 cm³/mol. The summed E-state index contributed by atoms with van der Waals surface area (Å²) in [5, 5.41) is 32.4. The lowest BCUT2D eigenvalue weighted by Gasteiger charge is -2.45. The molecule has 7 nitrogen and oxygen atoms in total. The SMILES string of the molecule is CC(=O)C1=C(O)[C@H](N)C2Cc3cc4ccc(C)c(O)c4c(O)c3C(=O)C2(C)C1=O. The third-order valence-corrected chi connectivity index (χ3v) is 6.47. The van der Waals surface area contributed by atoms with Crippen LogP contribution < -0.4 is 5.73 Å². The van der Waals surface area contributed by atoms with Crippen molar-refractivity contribution in [2.75, 3.05) is 0 Å². The summed E-state index contributed by atoms with van der Waals surface area (Å²) in [5.41, 5.74) is 4.94. The number of phenolic OH excluding ortho intramolecular Hbond substituents is 2. The third kappa shape index (κ3) is 2.25. The second-order valence-corrected chi connectivity index (χ2v) is 8.10. The van der Waals surface area contributed by atoms with Gasteiger partial charge in [-0.15, -0.1) is 0 Å². The van der Waals surface area contributed by atoms with Crippen LogP contribution in [0.5, 0.6) is 11.5 Å². The summed E-state index contributed by atoms with van der Waals surface area (Å²) in [4.78, 5) is 38.6. The molecule has 0 spiro atoms. The number of aliphatic hydroxyl groups is 1. The van der Waals surface area contributed by atoms with Gasteiger partial charge in [0.2, 0.25) is 0 Å². The monoisotopic (exact) mass is 395 g/mol. The Morgan fingerprint density at radius 2 is 1.79 bits per heavy atom. The van der Waals surface area contributed by atoms with Crippen molar-refractivity contribution < 1.29 is 29.7 Å². The highest BCUT2D eigenvalue weighted by atomic mass is 16.3. The summed E-state index contributed by atoms with van der Waals surface area (Å²) >= 11 is 0. The van der Waals surface area contributed by atoms with Crippen molar-refractivity contribution in [2.24, 2.45) is 17.1 Å².